The summed E-state index contributed by atoms with van der Waals surface area (Å²) in [5.74, 6) is -1.75. The van der Waals surface area contributed by atoms with Gasteiger partial charge in [-0.25, -0.2) is 13.6 Å². The van der Waals surface area contributed by atoms with E-state index in [0.29, 0.717) is 32.1 Å². The first-order valence-corrected chi connectivity index (χ1v) is 10.2. The normalized spacial score (nSPS) is 19.1. The second kappa shape index (κ2) is 8.83. The highest BCUT2D eigenvalue weighted by molar-refractivity contribution is 5.96. The number of ether oxygens (including phenoxy) is 1. The minimum Gasteiger partial charge on any atom is -0.471 e. The van der Waals surface area contributed by atoms with Gasteiger partial charge >= 0.3 is 6.03 Å². The molecule has 0 aliphatic carbocycles. The minimum atomic E-state index is -1.02. The van der Waals surface area contributed by atoms with E-state index in [0.717, 1.165) is 30.7 Å². The SMILES string of the molecule is Cc1ccc(OC2CCCN(C(=O)CN3CCN(c4ccc(F)c(F)c4)C3=O)C2)nn1. The van der Waals surface area contributed by atoms with Gasteiger partial charge in [0.25, 0.3) is 0 Å². The van der Waals surface area contributed by atoms with Crippen LogP contribution < -0.4 is 9.64 Å². The number of nitrogens with zero attached hydrogens (tertiary/aromatic N) is 5. The van der Waals surface area contributed by atoms with E-state index in [4.69, 9.17) is 4.74 Å². The van der Waals surface area contributed by atoms with Gasteiger partial charge in [0.2, 0.25) is 11.8 Å². The number of carbonyl (C=O) groups is 2. The van der Waals surface area contributed by atoms with Crippen LogP contribution in [-0.2, 0) is 4.79 Å². The molecule has 31 heavy (non-hydrogen) atoms. The quantitative estimate of drug-likeness (QED) is 0.726. The number of rotatable bonds is 5. The van der Waals surface area contributed by atoms with Crippen molar-refractivity contribution >= 4 is 17.6 Å². The second-order valence-corrected chi connectivity index (χ2v) is 7.69. The Bertz CT molecular complexity index is 972. The number of aromatic nitrogens is 2. The number of piperidine rings is 1. The van der Waals surface area contributed by atoms with Gasteiger partial charge < -0.3 is 14.5 Å². The van der Waals surface area contributed by atoms with Crippen LogP contribution in [-0.4, -0.2) is 70.8 Å². The summed E-state index contributed by atoms with van der Waals surface area (Å²) in [4.78, 5) is 29.9. The molecule has 2 saturated heterocycles. The van der Waals surface area contributed by atoms with E-state index in [1.54, 1.807) is 11.0 Å². The van der Waals surface area contributed by atoms with E-state index in [9.17, 15) is 18.4 Å². The molecule has 1 atom stereocenters. The summed E-state index contributed by atoms with van der Waals surface area (Å²) >= 11 is 0. The maximum Gasteiger partial charge on any atom is 0.325 e. The fourth-order valence-corrected chi connectivity index (χ4v) is 3.77. The Morgan fingerprint density at radius 1 is 1.13 bits per heavy atom. The topological polar surface area (TPSA) is 78.9 Å². The van der Waals surface area contributed by atoms with Gasteiger partial charge in [-0.1, -0.05) is 0 Å². The van der Waals surface area contributed by atoms with Gasteiger partial charge in [0.1, 0.15) is 12.6 Å². The van der Waals surface area contributed by atoms with Gasteiger partial charge in [-0.05, 0) is 38.0 Å². The van der Waals surface area contributed by atoms with Gasteiger partial charge in [-0.15, -0.1) is 5.10 Å². The van der Waals surface area contributed by atoms with E-state index >= 15 is 0 Å². The predicted octanol–water partition coefficient (Wildman–Crippen LogP) is 2.38. The lowest BCUT2D eigenvalue weighted by Crippen LogP contribution is -2.48. The summed E-state index contributed by atoms with van der Waals surface area (Å²) in [6, 6.07) is 6.48. The average molecular weight is 431 g/mol. The van der Waals surface area contributed by atoms with Crippen LogP contribution in [0.5, 0.6) is 5.88 Å². The highest BCUT2D eigenvalue weighted by Gasteiger charge is 2.33. The first-order valence-electron chi connectivity index (χ1n) is 10.2. The van der Waals surface area contributed by atoms with Crippen molar-refractivity contribution in [1.82, 2.24) is 20.0 Å². The van der Waals surface area contributed by atoms with Crippen LogP contribution in [0, 0.1) is 18.6 Å². The van der Waals surface area contributed by atoms with Crippen molar-refractivity contribution in [3.8, 4) is 5.88 Å². The lowest BCUT2D eigenvalue weighted by atomic mass is 10.1. The van der Waals surface area contributed by atoms with Crippen molar-refractivity contribution in [3.05, 3.63) is 47.7 Å². The van der Waals surface area contributed by atoms with Crippen LogP contribution in [0.25, 0.3) is 0 Å². The van der Waals surface area contributed by atoms with Gasteiger partial charge in [0, 0.05) is 37.5 Å². The van der Waals surface area contributed by atoms with Crippen molar-refractivity contribution in [2.75, 3.05) is 37.6 Å². The molecule has 2 fully saturated rings. The van der Waals surface area contributed by atoms with E-state index in [1.807, 2.05) is 13.0 Å². The summed E-state index contributed by atoms with van der Waals surface area (Å²) in [6.07, 6.45) is 1.39. The average Bonchev–Trinajstić information content (AvgIpc) is 3.12. The van der Waals surface area contributed by atoms with Gasteiger partial charge in [-0.2, -0.15) is 5.10 Å². The molecule has 2 aliphatic rings. The summed E-state index contributed by atoms with van der Waals surface area (Å²) in [5.41, 5.74) is 1.06. The summed E-state index contributed by atoms with van der Waals surface area (Å²) in [7, 11) is 0. The summed E-state index contributed by atoms with van der Waals surface area (Å²) < 4.78 is 32.5. The number of halogens is 2. The van der Waals surface area contributed by atoms with Crippen molar-refractivity contribution in [3.63, 3.8) is 0 Å². The zero-order valence-electron chi connectivity index (χ0n) is 17.1. The minimum absolute atomic E-state index is 0.0733. The fourth-order valence-electron chi connectivity index (χ4n) is 3.77. The molecule has 0 radical (unpaired) electrons. The number of carbonyl (C=O) groups excluding carboxylic acids is 2. The summed E-state index contributed by atoms with van der Waals surface area (Å²) in [6.45, 7) is 3.39. The molecule has 8 nitrogen and oxygen atoms in total. The molecule has 1 aromatic heterocycles. The number of benzene rings is 1. The Balaban J connectivity index is 1.33. The van der Waals surface area contributed by atoms with Crippen molar-refractivity contribution in [2.24, 2.45) is 0 Å². The lowest BCUT2D eigenvalue weighted by Gasteiger charge is -2.33. The largest absolute Gasteiger partial charge is 0.471 e. The van der Waals surface area contributed by atoms with Gasteiger partial charge in [0.05, 0.1) is 12.2 Å². The maximum absolute atomic E-state index is 13.5. The molecule has 3 heterocycles. The summed E-state index contributed by atoms with van der Waals surface area (Å²) in [5, 5.41) is 7.97. The number of amides is 3. The lowest BCUT2D eigenvalue weighted by molar-refractivity contribution is -0.134. The van der Waals surface area contributed by atoms with Crippen molar-refractivity contribution in [2.45, 2.75) is 25.9 Å². The highest BCUT2D eigenvalue weighted by Crippen LogP contribution is 2.23. The predicted molar refractivity (Wildman–Crippen MR) is 108 cm³/mol. The number of anilines is 1. The molecular weight excluding hydrogens is 408 g/mol. The fraction of sp³-hybridized carbons (Fsp3) is 0.429. The van der Waals surface area contributed by atoms with Crippen molar-refractivity contribution < 1.29 is 23.1 Å². The molecule has 2 aromatic rings. The van der Waals surface area contributed by atoms with E-state index < -0.39 is 17.7 Å². The standard InChI is InChI=1S/C21H23F2N5O3/c1-14-4-7-19(25-24-14)31-16-3-2-8-26(12-16)20(29)13-27-9-10-28(21(27)30)15-5-6-17(22)18(23)11-15/h4-7,11,16H,2-3,8-10,12-13H2,1H3. The second-order valence-electron chi connectivity index (χ2n) is 7.69. The third-order valence-electron chi connectivity index (χ3n) is 5.43. The van der Waals surface area contributed by atoms with E-state index in [1.165, 1.54) is 15.9 Å². The van der Waals surface area contributed by atoms with Crippen LogP contribution in [0.1, 0.15) is 18.5 Å². The Hall–Kier alpha value is -3.30. The Labute approximate surface area is 178 Å². The number of hydrogen-bond donors (Lipinski definition) is 0. The molecule has 0 N–H and O–H groups in total. The Morgan fingerprint density at radius 3 is 2.71 bits per heavy atom. The Morgan fingerprint density at radius 2 is 1.97 bits per heavy atom. The first-order chi connectivity index (χ1) is 14.9. The molecule has 0 saturated carbocycles. The van der Waals surface area contributed by atoms with Gasteiger partial charge in [-0.3, -0.25) is 9.69 Å². The molecule has 4 rings (SSSR count). The number of hydrogen-bond acceptors (Lipinski definition) is 5. The zero-order valence-corrected chi connectivity index (χ0v) is 17.1. The smallest absolute Gasteiger partial charge is 0.325 e. The van der Waals surface area contributed by atoms with Crippen LogP contribution >= 0.6 is 0 Å². The van der Waals surface area contributed by atoms with E-state index in [-0.39, 0.29) is 24.2 Å². The van der Waals surface area contributed by atoms with Crippen LogP contribution in [0.15, 0.2) is 30.3 Å². The first kappa shape index (κ1) is 21.0. The third-order valence-corrected chi connectivity index (χ3v) is 5.43. The Kier molecular flexibility index (Phi) is 5.97. The molecule has 0 bridgehead atoms. The zero-order chi connectivity index (χ0) is 22.0. The molecule has 1 unspecified atom stereocenters. The molecule has 10 heteroatoms. The monoisotopic (exact) mass is 431 g/mol. The molecular formula is C21H23F2N5O3. The van der Waals surface area contributed by atoms with Crippen molar-refractivity contribution in [1.29, 1.82) is 0 Å². The molecule has 164 valence electrons. The number of urea groups is 1. The molecule has 2 aliphatic heterocycles. The molecule has 0 spiro atoms. The van der Waals surface area contributed by atoms with Crippen LogP contribution in [0.3, 0.4) is 0 Å². The third kappa shape index (κ3) is 4.73. The van der Waals surface area contributed by atoms with Gasteiger partial charge in [0.15, 0.2) is 11.6 Å². The highest BCUT2D eigenvalue weighted by atomic mass is 19.2. The van der Waals surface area contributed by atoms with Crippen LogP contribution in [0.4, 0.5) is 19.3 Å². The van der Waals surface area contributed by atoms with E-state index in [2.05, 4.69) is 10.2 Å². The molecule has 1 aromatic carbocycles. The number of likely N-dealkylation sites (tertiary alicyclic amines) is 1. The maximum atomic E-state index is 13.5. The van der Waals surface area contributed by atoms with Crippen LogP contribution in [0.2, 0.25) is 0 Å². The number of aryl methyl sites for hydroxylation is 1. The molecule has 3 amide bonds.